The summed E-state index contributed by atoms with van der Waals surface area (Å²) in [7, 11) is 1.48. The Morgan fingerprint density at radius 2 is 1.95 bits per heavy atom. The zero-order chi connectivity index (χ0) is 15.4. The number of hydrogen-bond acceptors (Lipinski definition) is 3. The Morgan fingerprint density at radius 3 is 2.52 bits per heavy atom. The molecule has 0 aliphatic heterocycles. The van der Waals surface area contributed by atoms with E-state index in [0.29, 0.717) is 16.3 Å². The molecule has 2 aromatic rings. The molecule has 6 heteroatoms. The van der Waals surface area contributed by atoms with Gasteiger partial charge in [-0.1, -0.05) is 17.7 Å². The molecule has 0 atom stereocenters. The van der Waals surface area contributed by atoms with Crippen molar-refractivity contribution in [3.05, 3.63) is 58.1 Å². The number of benzene rings is 2. The SMILES string of the molecule is COc1cccc(Cl)c1CNc1c(F)cc(C#N)cc1F. The van der Waals surface area contributed by atoms with Crippen molar-refractivity contribution in [3.63, 3.8) is 0 Å². The molecule has 0 heterocycles. The molecule has 0 unspecified atom stereocenters. The van der Waals surface area contributed by atoms with Crippen molar-refractivity contribution < 1.29 is 13.5 Å². The first-order valence-electron chi connectivity index (χ1n) is 6.01. The number of rotatable bonds is 4. The summed E-state index contributed by atoms with van der Waals surface area (Å²) in [6, 6.07) is 8.70. The highest BCUT2D eigenvalue weighted by molar-refractivity contribution is 6.31. The van der Waals surface area contributed by atoms with Crippen LogP contribution in [0.4, 0.5) is 14.5 Å². The number of nitrogens with one attached hydrogen (secondary N) is 1. The second kappa shape index (κ2) is 6.42. The van der Waals surface area contributed by atoms with Crippen LogP contribution < -0.4 is 10.1 Å². The summed E-state index contributed by atoms with van der Waals surface area (Å²) in [5, 5.41) is 11.7. The first kappa shape index (κ1) is 15.1. The third kappa shape index (κ3) is 3.23. The highest BCUT2D eigenvalue weighted by Gasteiger charge is 2.13. The zero-order valence-electron chi connectivity index (χ0n) is 11.1. The minimum absolute atomic E-state index is 0.0779. The summed E-state index contributed by atoms with van der Waals surface area (Å²) in [5.74, 6) is -1.15. The predicted molar refractivity (Wildman–Crippen MR) is 76.4 cm³/mol. The Morgan fingerprint density at radius 1 is 1.29 bits per heavy atom. The highest BCUT2D eigenvalue weighted by atomic mass is 35.5. The molecule has 2 aromatic carbocycles. The number of methoxy groups -OCH3 is 1. The van der Waals surface area contributed by atoms with Crippen LogP contribution in [-0.2, 0) is 6.54 Å². The van der Waals surface area contributed by atoms with Gasteiger partial charge in [-0.15, -0.1) is 0 Å². The van der Waals surface area contributed by atoms with Gasteiger partial charge in [0.25, 0.3) is 0 Å². The molecule has 0 aromatic heterocycles. The number of halogens is 3. The van der Waals surface area contributed by atoms with Crippen molar-refractivity contribution in [2.75, 3.05) is 12.4 Å². The standard InChI is InChI=1S/C15H11ClF2N2O/c1-21-14-4-2-3-11(16)10(14)8-20-15-12(17)5-9(7-19)6-13(15)18/h2-6,20H,8H2,1H3. The molecular formula is C15H11ClF2N2O. The first-order valence-corrected chi connectivity index (χ1v) is 6.39. The zero-order valence-corrected chi connectivity index (χ0v) is 11.8. The van der Waals surface area contributed by atoms with Gasteiger partial charge < -0.3 is 10.1 Å². The average Bonchev–Trinajstić information content (AvgIpc) is 2.47. The highest BCUT2D eigenvalue weighted by Crippen LogP contribution is 2.28. The average molecular weight is 309 g/mol. The predicted octanol–water partition coefficient (Wildman–Crippen LogP) is 4.11. The van der Waals surface area contributed by atoms with Crippen LogP contribution in [-0.4, -0.2) is 7.11 Å². The largest absolute Gasteiger partial charge is 0.496 e. The summed E-state index contributed by atoms with van der Waals surface area (Å²) >= 11 is 6.05. The first-order chi connectivity index (χ1) is 10.1. The fraction of sp³-hybridized carbons (Fsp3) is 0.133. The Balaban J connectivity index is 2.28. The maximum absolute atomic E-state index is 13.8. The minimum Gasteiger partial charge on any atom is -0.496 e. The normalized spacial score (nSPS) is 10.0. The maximum atomic E-state index is 13.8. The lowest BCUT2D eigenvalue weighted by molar-refractivity contribution is 0.410. The molecule has 108 valence electrons. The van der Waals surface area contributed by atoms with E-state index in [-0.39, 0.29) is 17.8 Å². The summed E-state index contributed by atoms with van der Waals surface area (Å²) in [5.41, 5.74) is 0.201. The van der Waals surface area contributed by atoms with Gasteiger partial charge in [0.2, 0.25) is 0 Å². The smallest absolute Gasteiger partial charge is 0.150 e. The van der Waals surface area contributed by atoms with Gasteiger partial charge in [-0.3, -0.25) is 0 Å². The minimum atomic E-state index is -0.836. The van der Waals surface area contributed by atoms with Crippen LogP contribution >= 0.6 is 11.6 Å². The van der Waals surface area contributed by atoms with E-state index < -0.39 is 11.6 Å². The molecule has 21 heavy (non-hydrogen) atoms. The van der Waals surface area contributed by atoms with Crippen molar-refractivity contribution >= 4 is 17.3 Å². The molecule has 0 radical (unpaired) electrons. The van der Waals surface area contributed by atoms with E-state index in [1.54, 1.807) is 24.3 Å². The van der Waals surface area contributed by atoms with E-state index in [1.165, 1.54) is 7.11 Å². The molecule has 0 spiro atoms. The Labute approximate surface area is 125 Å². The summed E-state index contributed by atoms with van der Waals surface area (Å²) < 4.78 is 32.7. The molecule has 3 nitrogen and oxygen atoms in total. The van der Waals surface area contributed by atoms with E-state index >= 15 is 0 Å². The molecule has 1 N–H and O–H groups in total. The van der Waals surface area contributed by atoms with Gasteiger partial charge in [0, 0.05) is 17.1 Å². The molecule has 0 aliphatic rings. The lowest BCUT2D eigenvalue weighted by Gasteiger charge is -2.13. The van der Waals surface area contributed by atoms with Crippen LogP contribution in [0.1, 0.15) is 11.1 Å². The van der Waals surface area contributed by atoms with E-state index in [0.717, 1.165) is 12.1 Å². The van der Waals surface area contributed by atoms with Gasteiger partial charge in [-0.05, 0) is 24.3 Å². The summed E-state index contributed by atoms with van der Waals surface area (Å²) in [6.07, 6.45) is 0. The molecular weight excluding hydrogens is 298 g/mol. The molecule has 2 rings (SSSR count). The van der Waals surface area contributed by atoms with Crippen molar-refractivity contribution in [1.29, 1.82) is 5.26 Å². The molecule has 0 bridgehead atoms. The van der Waals surface area contributed by atoms with E-state index in [9.17, 15) is 8.78 Å². The lowest BCUT2D eigenvalue weighted by atomic mass is 10.1. The van der Waals surface area contributed by atoms with Crippen LogP contribution in [0, 0.1) is 23.0 Å². The van der Waals surface area contributed by atoms with Gasteiger partial charge in [-0.2, -0.15) is 5.26 Å². The molecule has 0 saturated heterocycles. The Bertz CT molecular complexity index is 690. The number of ether oxygens (including phenoxy) is 1. The van der Waals surface area contributed by atoms with E-state index in [2.05, 4.69) is 5.32 Å². The third-order valence-electron chi connectivity index (χ3n) is 2.91. The fourth-order valence-electron chi connectivity index (χ4n) is 1.89. The van der Waals surface area contributed by atoms with E-state index in [1.807, 2.05) is 0 Å². The lowest BCUT2D eigenvalue weighted by Crippen LogP contribution is -2.06. The van der Waals surface area contributed by atoms with Crippen LogP contribution in [0.15, 0.2) is 30.3 Å². The monoisotopic (exact) mass is 308 g/mol. The quantitative estimate of drug-likeness (QED) is 0.924. The van der Waals surface area contributed by atoms with Gasteiger partial charge in [-0.25, -0.2) is 8.78 Å². The van der Waals surface area contributed by atoms with Crippen molar-refractivity contribution in [2.24, 2.45) is 0 Å². The van der Waals surface area contributed by atoms with Crippen molar-refractivity contribution in [3.8, 4) is 11.8 Å². The number of nitrogens with zero attached hydrogens (tertiary/aromatic N) is 1. The number of hydrogen-bond donors (Lipinski definition) is 1. The second-order valence-electron chi connectivity index (χ2n) is 4.20. The number of anilines is 1. The van der Waals surface area contributed by atoms with E-state index in [4.69, 9.17) is 21.6 Å². The Hall–Kier alpha value is -2.32. The fourth-order valence-corrected chi connectivity index (χ4v) is 2.12. The van der Waals surface area contributed by atoms with Crippen LogP contribution in [0.5, 0.6) is 5.75 Å². The van der Waals surface area contributed by atoms with Crippen LogP contribution in [0.3, 0.4) is 0 Å². The number of nitriles is 1. The van der Waals surface area contributed by atoms with Gasteiger partial charge in [0.1, 0.15) is 11.4 Å². The molecule has 0 saturated carbocycles. The molecule has 0 aliphatic carbocycles. The van der Waals surface area contributed by atoms with Crippen molar-refractivity contribution in [2.45, 2.75) is 6.54 Å². The maximum Gasteiger partial charge on any atom is 0.150 e. The summed E-state index contributed by atoms with van der Waals surface area (Å²) in [4.78, 5) is 0. The van der Waals surface area contributed by atoms with Crippen molar-refractivity contribution in [1.82, 2.24) is 0 Å². The molecule has 0 amide bonds. The van der Waals surface area contributed by atoms with Gasteiger partial charge in [0.15, 0.2) is 11.6 Å². The Kier molecular flexibility index (Phi) is 4.61. The topological polar surface area (TPSA) is 45.0 Å². The van der Waals surface area contributed by atoms with Crippen LogP contribution in [0.25, 0.3) is 0 Å². The van der Waals surface area contributed by atoms with Gasteiger partial charge in [0.05, 0.1) is 18.7 Å². The third-order valence-corrected chi connectivity index (χ3v) is 3.26. The van der Waals surface area contributed by atoms with Crippen LogP contribution in [0.2, 0.25) is 5.02 Å². The second-order valence-corrected chi connectivity index (χ2v) is 4.61. The van der Waals surface area contributed by atoms with Gasteiger partial charge >= 0.3 is 0 Å². The molecule has 0 fully saturated rings. The summed E-state index contributed by atoms with van der Waals surface area (Å²) in [6.45, 7) is 0.0859.